The fourth-order valence-electron chi connectivity index (χ4n) is 6.93. The highest BCUT2D eigenvalue weighted by Gasteiger charge is 2.06. The fourth-order valence-corrected chi connectivity index (χ4v) is 6.93. The summed E-state index contributed by atoms with van der Waals surface area (Å²) in [7, 11) is 4.19. The van der Waals surface area contributed by atoms with E-state index >= 15 is 0 Å². The molecular weight excluding hydrogens is 723 g/mol. The van der Waals surface area contributed by atoms with E-state index in [4.69, 9.17) is 19.7 Å². The maximum absolute atomic E-state index is 10.5. The van der Waals surface area contributed by atoms with E-state index in [1.807, 2.05) is 0 Å². The molecule has 7 heteroatoms. The topological polar surface area (TPSA) is 96.3 Å². The van der Waals surface area contributed by atoms with Crippen molar-refractivity contribution >= 4 is 11.9 Å². The SMILES string of the molecule is CN(C)Cc1cc(OCCCCCCCCC=CCC=CCCCCCCCC(=O)O)cc(OCCCCCCCCC=CC/C=C\CCCCCCCC(=O)O)c1. The molecule has 1 aromatic rings. The van der Waals surface area contributed by atoms with Gasteiger partial charge in [-0.05, 0) is 122 Å². The van der Waals surface area contributed by atoms with Gasteiger partial charge in [0.25, 0.3) is 0 Å². The molecule has 0 aliphatic heterocycles. The standard InChI is InChI=1S/C51H85NO6/c1-52(2)46-47-43-48(57-41-37-33-29-25-21-17-13-9-5-3-7-11-15-19-23-27-31-35-39-50(53)54)45-49(44-47)58-42-38-34-30-26-22-18-14-10-6-4-8-12-16-20-24-28-32-36-40-51(55)56/h5-12,43-45H,3-4,13-42,46H2,1-2H3,(H,53,54)(H,55,56)/b9-5?,10-6?,11-7-,12-8?. The number of carboxylic acid groups (broad SMARTS) is 2. The van der Waals surface area contributed by atoms with Crippen LogP contribution in [-0.2, 0) is 16.1 Å². The average Bonchev–Trinajstić information content (AvgIpc) is 3.18. The molecule has 0 saturated carbocycles. The van der Waals surface area contributed by atoms with Gasteiger partial charge in [-0.2, -0.15) is 0 Å². The van der Waals surface area contributed by atoms with Crippen molar-refractivity contribution in [2.75, 3.05) is 27.3 Å². The first-order valence-electron chi connectivity index (χ1n) is 23.4. The Bertz CT molecular complexity index is 1150. The molecule has 2 N–H and O–H groups in total. The molecule has 58 heavy (non-hydrogen) atoms. The number of hydrogen-bond donors (Lipinski definition) is 2. The number of hydrogen-bond acceptors (Lipinski definition) is 5. The lowest BCUT2D eigenvalue weighted by Crippen LogP contribution is -2.11. The molecule has 0 aliphatic carbocycles. The highest BCUT2D eigenvalue weighted by Crippen LogP contribution is 2.25. The summed E-state index contributed by atoms with van der Waals surface area (Å²) in [4.78, 5) is 23.2. The lowest BCUT2D eigenvalue weighted by molar-refractivity contribution is -0.138. The number of ether oxygens (including phenoxy) is 2. The molecule has 1 rings (SSSR count). The molecule has 0 bridgehead atoms. The summed E-state index contributed by atoms with van der Waals surface area (Å²) in [6, 6.07) is 6.39. The number of carboxylic acids is 2. The third kappa shape index (κ3) is 38.2. The minimum Gasteiger partial charge on any atom is -0.493 e. The second-order valence-electron chi connectivity index (χ2n) is 16.3. The summed E-state index contributed by atoms with van der Waals surface area (Å²) >= 11 is 0. The van der Waals surface area contributed by atoms with E-state index in [9.17, 15) is 9.59 Å². The Morgan fingerprint density at radius 1 is 0.448 bits per heavy atom. The third-order valence-electron chi connectivity index (χ3n) is 10.2. The van der Waals surface area contributed by atoms with Crippen molar-refractivity contribution in [3.63, 3.8) is 0 Å². The Morgan fingerprint density at radius 2 is 0.759 bits per heavy atom. The predicted molar refractivity (Wildman–Crippen MR) is 245 cm³/mol. The van der Waals surface area contributed by atoms with Gasteiger partial charge in [-0.15, -0.1) is 0 Å². The number of nitrogens with zero attached hydrogens (tertiary/aromatic N) is 1. The van der Waals surface area contributed by atoms with Gasteiger partial charge < -0.3 is 24.6 Å². The second kappa shape index (κ2) is 40.5. The summed E-state index contributed by atoms with van der Waals surface area (Å²) in [6.07, 6.45) is 51.2. The minimum atomic E-state index is -0.680. The summed E-state index contributed by atoms with van der Waals surface area (Å²) in [5.74, 6) is 0.481. The van der Waals surface area contributed by atoms with Gasteiger partial charge in [-0.25, -0.2) is 0 Å². The summed E-state index contributed by atoms with van der Waals surface area (Å²) in [5, 5.41) is 17.3. The van der Waals surface area contributed by atoms with E-state index in [2.05, 4.69) is 85.8 Å². The Morgan fingerprint density at radius 3 is 1.09 bits per heavy atom. The molecule has 0 saturated heterocycles. The van der Waals surface area contributed by atoms with Gasteiger partial charge >= 0.3 is 11.9 Å². The van der Waals surface area contributed by atoms with E-state index in [0.29, 0.717) is 12.8 Å². The molecule has 0 unspecified atom stereocenters. The lowest BCUT2D eigenvalue weighted by Gasteiger charge is -2.15. The average molecular weight is 808 g/mol. The van der Waals surface area contributed by atoms with E-state index in [1.165, 1.54) is 108 Å². The predicted octanol–water partition coefficient (Wildman–Crippen LogP) is 14.6. The molecular formula is C51H85NO6. The van der Waals surface area contributed by atoms with Crippen LogP contribution in [0.25, 0.3) is 0 Å². The van der Waals surface area contributed by atoms with Crippen LogP contribution in [0.1, 0.15) is 198 Å². The van der Waals surface area contributed by atoms with Gasteiger partial charge in [0.1, 0.15) is 11.5 Å². The van der Waals surface area contributed by atoms with E-state index in [1.54, 1.807) is 0 Å². The van der Waals surface area contributed by atoms with E-state index < -0.39 is 11.9 Å². The van der Waals surface area contributed by atoms with Gasteiger partial charge in [-0.3, -0.25) is 9.59 Å². The van der Waals surface area contributed by atoms with Crippen LogP contribution in [-0.4, -0.2) is 54.4 Å². The molecule has 0 radical (unpaired) electrons. The summed E-state index contributed by atoms with van der Waals surface area (Å²) in [5.41, 5.74) is 1.23. The van der Waals surface area contributed by atoms with Crippen molar-refractivity contribution in [2.45, 2.75) is 199 Å². The van der Waals surface area contributed by atoms with E-state index in [0.717, 1.165) is 108 Å². The van der Waals surface area contributed by atoms with Crippen LogP contribution in [0.3, 0.4) is 0 Å². The largest absolute Gasteiger partial charge is 0.493 e. The maximum Gasteiger partial charge on any atom is 0.303 e. The van der Waals surface area contributed by atoms with Crippen LogP contribution < -0.4 is 9.47 Å². The van der Waals surface area contributed by atoms with Crippen molar-refractivity contribution in [1.29, 1.82) is 0 Å². The molecule has 0 amide bonds. The van der Waals surface area contributed by atoms with Gasteiger partial charge in [0.2, 0.25) is 0 Å². The number of unbranched alkanes of at least 4 members (excludes halogenated alkanes) is 22. The van der Waals surface area contributed by atoms with E-state index in [-0.39, 0.29) is 0 Å². The highest BCUT2D eigenvalue weighted by molar-refractivity contribution is 5.66. The maximum atomic E-state index is 10.5. The van der Waals surface area contributed by atoms with Crippen molar-refractivity contribution in [3.8, 4) is 11.5 Å². The van der Waals surface area contributed by atoms with Crippen LogP contribution in [0, 0.1) is 0 Å². The molecule has 0 spiro atoms. The first-order chi connectivity index (χ1) is 28.4. The molecule has 7 nitrogen and oxygen atoms in total. The highest BCUT2D eigenvalue weighted by atomic mass is 16.5. The lowest BCUT2D eigenvalue weighted by atomic mass is 10.1. The van der Waals surface area contributed by atoms with Gasteiger partial charge in [0.15, 0.2) is 0 Å². The van der Waals surface area contributed by atoms with Crippen LogP contribution in [0.2, 0.25) is 0 Å². The number of rotatable bonds is 42. The third-order valence-corrected chi connectivity index (χ3v) is 10.2. The molecule has 0 heterocycles. The smallest absolute Gasteiger partial charge is 0.303 e. The normalized spacial score (nSPS) is 12.0. The first-order valence-corrected chi connectivity index (χ1v) is 23.4. The Labute approximate surface area is 355 Å². The van der Waals surface area contributed by atoms with Crippen molar-refractivity contribution in [1.82, 2.24) is 4.90 Å². The van der Waals surface area contributed by atoms with Crippen molar-refractivity contribution in [2.24, 2.45) is 0 Å². The summed E-state index contributed by atoms with van der Waals surface area (Å²) in [6.45, 7) is 2.37. The second-order valence-corrected chi connectivity index (χ2v) is 16.3. The molecule has 1 aromatic carbocycles. The van der Waals surface area contributed by atoms with Gasteiger partial charge in [0.05, 0.1) is 13.2 Å². The Kier molecular flexibility index (Phi) is 36.8. The zero-order valence-electron chi connectivity index (χ0n) is 37.2. The minimum absolute atomic E-state index is 0.306. The number of carbonyl (C=O) groups is 2. The number of benzene rings is 1. The van der Waals surface area contributed by atoms with Crippen LogP contribution in [0.15, 0.2) is 66.8 Å². The van der Waals surface area contributed by atoms with Crippen LogP contribution in [0.4, 0.5) is 0 Å². The first kappa shape index (κ1) is 52.7. The van der Waals surface area contributed by atoms with Crippen LogP contribution >= 0.6 is 0 Å². The van der Waals surface area contributed by atoms with Gasteiger partial charge in [-0.1, -0.05) is 138 Å². The zero-order chi connectivity index (χ0) is 42.0. The molecule has 0 aliphatic rings. The van der Waals surface area contributed by atoms with Crippen molar-refractivity contribution in [3.05, 3.63) is 72.4 Å². The molecule has 0 atom stereocenters. The molecule has 0 aromatic heterocycles. The number of aliphatic carboxylic acids is 2. The molecule has 330 valence electrons. The monoisotopic (exact) mass is 808 g/mol. The zero-order valence-corrected chi connectivity index (χ0v) is 37.2. The number of allylic oxidation sites excluding steroid dienone is 8. The fraction of sp³-hybridized carbons (Fsp3) is 0.686. The summed E-state index contributed by atoms with van der Waals surface area (Å²) < 4.78 is 12.4. The quantitative estimate of drug-likeness (QED) is 0.0501. The Hall–Kier alpha value is -3.32. The van der Waals surface area contributed by atoms with Crippen molar-refractivity contribution < 1.29 is 29.3 Å². The molecule has 0 fully saturated rings. The van der Waals surface area contributed by atoms with Crippen LogP contribution in [0.5, 0.6) is 11.5 Å². The van der Waals surface area contributed by atoms with Gasteiger partial charge in [0, 0.05) is 25.5 Å². The Balaban J connectivity index is 2.05.